The maximum absolute atomic E-state index is 13.6. The summed E-state index contributed by atoms with van der Waals surface area (Å²) in [4.78, 5) is 28.3. The van der Waals surface area contributed by atoms with Crippen molar-refractivity contribution in [2.75, 3.05) is 13.7 Å². The topological polar surface area (TPSA) is 104 Å². The zero-order valence-corrected chi connectivity index (χ0v) is 21.1. The summed E-state index contributed by atoms with van der Waals surface area (Å²) >= 11 is 0. The lowest BCUT2D eigenvalue weighted by Gasteiger charge is -2.45. The van der Waals surface area contributed by atoms with Crippen LogP contribution in [-0.2, 0) is 21.5 Å². The van der Waals surface area contributed by atoms with Crippen molar-refractivity contribution >= 4 is 17.8 Å². The molecule has 0 aromatic heterocycles. The zero-order chi connectivity index (χ0) is 25.5. The minimum absolute atomic E-state index is 0.0289. The minimum Gasteiger partial charge on any atom is -0.490 e. The van der Waals surface area contributed by atoms with Gasteiger partial charge in [0.05, 0.1) is 11.6 Å². The van der Waals surface area contributed by atoms with Crippen molar-refractivity contribution in [1.82, 2.24) is 15.5 Å². The molecule has 2 aromatic rings. The van der Waals surface area contributed by atoms with Crippen LogP contribution in [0, 0.1) is 10.8 Å². The maximum atomic E-state index is 13.6. The monoisotopic (exact) mass is 488 g/mol. The number of amides is 2. The molecule has 36 heavy (non-hydrogen) atoms. The minimum atomic E-state index is -0.577. The molecule has 2 unspecified atom stereocenters. The Morgan fingerprint density at radius 1 is 1.19 bits per heavy atom. The van der Waals surface area contributed by atoms with E-state index in [9.17, 15) is 9.59 Å². The Bertz CT molecular complexity index is 1290. The van der Waals surface area contributed by atoms with Crippen LogP contribution in [0.2, 0.25) is 0 Å². The van der Waals surface area contributed by atoms with Gasteiger partial charge < -0.3 is 20.1 Å². The van der Waals surface area contributed by atoms with Gasteiger partial charge in [0, 0.05) is 35.6 Å². The van der Waals surface area contributed by atoms with E-state index in [4.69, 9.17) is 14.9 Å². The maximum Gasteiger partial charge on any atom is 0.252 e. The summed E-state index contributed by atoms with van der Waals surface area (Å²) in [5.41, 5.74) is 2.85. The van der Waals surface area contributed by atoms with Gasteiger partial charge in [0.15, 0.2) is 5.96 Å². The highest BCUT2D eigenvalue weighted by Crippen LogP contribution is 2.69. The molecular weight excluding hydrogens is 456 g/mol. The molecule has 3 N–H and O–H groups in total. The normalized spacial score (nSPS) is 31.5. The van der Waals surface area contributed by atoms with E-state index in [0.29, 0.717) is 16.9 Å². The van der Waals surface area contributed by atoms with Crippen LogP contribution in [0.3, 0.4) is 0 Å². The van der Waals surface area contributed by atoms with Gasteiger partial charge in [-0.1, -0.05) is 31.2 Å². The summed E-state index contributed by atoms with van der Waals surface area (Å²) in [6.07, 6.45) is 1.66. The summed E-state index contributed by atoms with van der Waals surface area (Å²) in [7, 11) is 1.57. The third-order valence-electron chi connectivity index (χ3n) is 8.43. The van der Waals surface area contributed by atoms with E-state index < -0.39 is 17.7 Å². The van der Waals surface area contributed by atoms with E-state index in [1.807, 2.05) is 26.0 Å². The molecule has 2 fully saturated rings. The van der Waals surface area contributed by atoms with E-state index in [0.717, 1.165) is 12.8 Å². The van der Waals surface area contributed by atoms with Gasteiger partial charge in [-0.2, -0.15) is 0 Å². The number of methoxy groups -OCH3 is 1. The highest BCUT2D eigenvalue weighted by atomic mass is 16.5. The number of benzene rings is 2. The summed E-state index contributed by atoms with van der Waals surface area (Å²) < 4.78 is 11.6. The summed E-state index contributed by atoms with van der Waals surface area (Å²) in [5, 5.41) is 15.1. The number of hydrogen-bond donors (Lipinski definition) is 3. The Labute approximate surface area is 210 Å². The Morgan fingerprint density at radius 2 is 1.97 bits per heavy atom. The van der Waals surface area contributed by atoms with E-state index in [1.54, 1.807) is 25.3 Å². The summed E-state index contributed by atoms with van der Waals surface area (Å²) in [6.45, 7) is 6.28. The lowest BCUT2D eigenvalue weighted by atomic mass is 9.91. The third kappa shape index (κ3) is 3.27. The molecular formula is C28H32N4O4. The van der Waals surface area contributed by atoms with E-state index in [-0.39, 0.29) is 41.8 Å². The Kier molecular flexibility index (Phi) is 4.83. The number of ether oxygens (including phenoxy) is 2. The molecule has 0 bridgehead atoms. The van der Waals surface area contributed by atoms with Crippen molar-refractivity contribution in [3.8, 4) is 5.75 Å². The van der Waals surface area contributed by atoms with Crippen LogP contribution in [-0.4, -0.2) is 48.0 Å². The summed E-state index contributed by atoms with van der Waals surface area (Å²) in [5.74, 6) is 0.307. The second-order valence-corrected chi connectivity index (χ2v) is 11.5. The summed E-state index contributed by atoms with van der Waals surface area (Å²) in [6, 6.07) is 13.1. The van der Waals surface area contributed by atoms with Crippen LogP contribution in [0.1, 0.15) is 66.7 Å². The predicted octanol–water partition coefficient (Wildman–Crippen LogP) is 3.26. The Morgan fingerprint density at radius 3 is 2.72 bits per heavy atom. The molecule has 188 valence electrons. The molecule has 0 radical (unpaired) electrons. The van der Waals surface area contributed by atoms with Gasteiger partial charge in [-0.3, -0.25) is 19.9 Å². The molecule has 2 aromatic carbocycles. The molecule has 2 heterocycles. The first-order valence-corrected chi connectivity index (χ1v) is 12.5. The van der Waals surface area contributed by atoms with Crippen LogP contribution in [0.15, 0.2) is 42.5 Å². The van der Waals surface area contributed by atoms with Crippen LogP contribution in [0.4, 0.5) is 0 Å². The molecule has 1 saturated carbocycles. The first-order valence-electron chi connectivity index (χ1n) is 12.5. The molecule has 4 atom stereocenters. The quantitative estimate of drug-likeness (QED) is 0.613. The second kappa shape index (κ2) is 7.56. The molecule has 6 rings (SSSR count). The number of nitrogens with one attached hydrogen (secondary N) is 3. The number of nitrogens with zero attached hydrogens (tertiary/aromatic N) is 1. The van der Waals surface area contributed by atoms with Gasteiger partial charge in [0.2, 0.25) is 5.91 Å². The highest BCUT2D eigenvalue weighted by molar-refractivity contribution is 6.00. The highest BCUT2D eigenvalue weighted by Gasteiger charge is 2.70. The van der Waals surface area contributed by atoms with Crippen molar-refractivity contribution in [3.63, 3.8) is 0 Å². The lowest BCUT2D eigenvalue weighted by molar-refractivity contribution is -0.136. The number of hydrogen-bond acceptors (Lipinski definition) is 5. The smallest absolute Gasteiger partial charge is 0.252 e. The van der Waals surface area contributed by atoms with Crippen LogP contribution in [0.25, 0.3) is 0 Å². The average Bonchev–Trinajstić information content (AvgIpc) is 3.32. The molecule has 0 spiro atoms. The van der Waals surface area contributed by atoms with Gasteiger partial charge in [-0.05, 0) is 56.0 Å². The molecule has 2 amide bonds. The van der Waals surface area contributed by atoms with E-state index in [2.05, 4.69) is 29.7 Å². The molecule has 1 saturated heterocycles. The number of carbonyl (C=O) groups is 2. The standard InChI is InChI=1S/C28H32N4O4/c1-26(2)13-22(33)32(25(29)31-26)23-18-11-16(9-10-20(18)36-14-21(23)35-4)24(34)30-28-15-27(28,3)12-17-7-5-6-8-19(17)28/h5-11,21,23H,12-15H2,1-4H3,(H2,29,31)(H,30,34)/t21?,23?,27-,28-/m1/s1. The molecule has 8 nitrogen and oxygen atoms in total. The van der Waals surface area contributed by atoms with Crippen molar-refractivity contribution in [1.29, 1.82) is 5.41 Å². The van der Waals surface area contributed by atoms with Gasteiger partial charge in [-0.25, -0.2) is 0 Å². The van der Waals surface area contributed by atoms with Gasteiger partial charge >= 0.3 is 0 Å². The first kappa shape index (κ1) is 23.0. The van der Waals surface area contributed by atoms with Crippen molar-refractivity contribution < 1.29 is 19.1 Å². The van der Waals surface area contributed by atoms with Gasteiger partial charge in [-0.15, -0.1) is 0 Å². The van der Waals surface area contributed by atoms with Crippen molar-refractivity contribution in [2.24, 2.45) is 5.41 Å². The third-order valence-corrected chi connectivity index (χ3v) is 8.43. The molecule has 2 aliphatic heterocycles. The Balaban J connectivity index is 1.34. The molecule has 2 aliphatic carbocycles. The van der Waals surface area contributed by atoms with Crippen molar-refractivity contribution in [2.45, 2.75) is 63.3 Å². The Hall–Kier alpha value is -3.39. The van der Waals surface area contributed by atoms with Gasteiger partial charge in [0.25, 0.3) is 5.91 Å². The average molecular weight is 489 g/mol. The largest absolute Gasteiger partial charge is 0.490 e. The van der Waals surface area contributed by atoms with Crippen LogP contribution < -0.4 is 15.4 Å². The number of carbonyl (C=O) groups excluding carboxylic acids is 2. The van der Waals surface area contributed by atoms with Gasteiger partial charge in [0.1, 0.15) is 18.5 Å². The molecule has 8 heteroatoms. The zero-order valence-electron chi connectivity index (χ0n) is 21.1. The van der Waals surface area contributed by atoms with Crippen LogP contribution >= 0.6 is 0 Å². The first-order chi connectivity index (χ1) is 17.1. The number of fused-ring (bicyclic) bond motifs is 4. The van der Waals surface area contributed by atoms with Crippen LogP contribution in [0.5, 0.6) is 5.75 Å². The fourth-order valence-corrected chi connectivity index (χ4v) is 6.54. The van der Waals surface area contributed by atoms with Crippen molar-refractivity contribution in [3.05, 3.63) is 64.7 Å². The number of rotatable bonds is 4. The van der Waals surface area contributed by atoms with E-state index >= 15 is 0 Å². The SMILES string of the molecule is COC1COc2ccc(C(=O)N[C@@]34C[C@@]3(C)Cc3ccccc34)cc2C1N1C(=N)NC(C)(C)CC1=O. The number of guanidine groups is 1. The fourth-order valence-electron chi connectivity index (χ4n) is 6.54. The lowest BCUT2D eigenvalue weighted by Crippen LogP contribution is -2.62. The fraction of sp³-hybridized carbons (Fsp3) is 0.464. The predicted molar refractivity (Wildman–Crippen MR) is 134 cm³/mol. The molecule has 4 aliphatic rings. The van der Waals surface area contributed by atoms with E-state index in [1.165, 1.54) is 16.0 Å². The second-order valence-electron chi connectivity index (χ2n) is 11.5.